The molecule has 0 spiro atoms. The number of aromatic nitrogens is 1. The van der Waals surface area contributed by atoms with Gasteiger partial charge in [-0.1, -0.05) is 34.8 Å². The Morgan fingerprint density at radius 1 is 1.10 bits per heavy atom. The quantitative estimate of drug-likeness (QED) is 0.545. The van der Waals surface area contributed by atoms with Gasteiger partial charge in [0.15, 0.2) is 0 Å². The van der Waals surface area contributed by atoms with Crippen LogP contribution in [0.1, 0.15) is 9.67 Å². The zero-order valence-corrected chi connectivity index (χ0v) is 18.7. The fourth-order valence-electron chi connectivity index (χ4n) is 3.17. The smallest absolute Gasteiger partial charge is 0.265 e. The molecule has 3 heterocycles. The average Bonchev–Trinajstić information content (AvgIpc) is 3.04. The molecule has 1 aromatic carbocycles. The number of piperazine rings is 1. The Balaban J connectivity index is 1.54. The molecule has 4 rings (SSSR count). The van der Waals surface area contributed by atoms with Crippen molar-refractivity contribution in [1.29, 1.82) is 0 Å². The number of pyridine rings is 1. The molecular formula is C18H14Cl3N3O3S2. The summed E-state index contributed by atoms with van der Waals surface area (Å²) in [4.78, 5) is 19.0. The minimum absolute atomic E-state index is 0.138. The third kappa shape index (κ3) is 3.85. The highest BCUT2D eigenvalue weighted by molar-refractivity contribution is 7.89. The fourth-order valence-corrected chi connectivity index (χ4v) is 6.90. The normalized spacial score (nSPS) is 15.8. The molecule has 0 unspecified atom stereocenters. The molecular weight excluding hydrogens is 477 g/mol. The summed E-state index contributed by atoms with van der Waals surface area (Å²) in [5, 5.41) is 1.75. The first-order valence-electron chi connectivity index (χ1n) is 8.55. The highest BCUT2D eigenvalue weighted by Crippen LogP contribution is 2.41. The first-order chi connectivity index (χ1) is 13.8. The molecule has 0 radical (unpaired) electrons. The number of fused-ring (bicyclic) bond motifs is 1. The lowest BCUT2D eigenvalue weighted by molar-refractivity contribution is 0.0703. The van der Waals surface area contributed by atoms with Crippen LogP contribution >= 0.6 is 46.1 Å². The van der Waals surface area contributed by atoms with Gasteiger partial charge < -0.3 is 4.90 Å². The highest BCUT2D eigenvalue weighted by atomic mass is 35.5. The number of hydrogen-bond acceptors (Lipinski definition) is 5. The van der Waals surface area contributed by atoms with Crippen LogP contribution in [0.4, 0.5) is 0 Å². The molecule has 29 heavy (non-hydrogen) atoms. The van der Waals surface area contributed by atoms with Crippen molar-refractivity contribution < 1.29 is 13.2 Å². The molecule has 0 aliphatic carbocycles. The van der Waals surface area contributed by atoms with Gasteiger partial charge in [-0.15, -0.1) is 11.3 Å². The summed E-state index contributed by atoms with van der Waals surface area (Å²) in [6.07, 6.45) is 2.84. The van der Waals surface area contributed by atoms with Crippen LogP contribution in [0.25, 0.3) is 10.1 Å². The van der Waals surface area contributed by atoms with Crippen LogP contribution in [-0.4, -0.2) is 54.7 Å². The summed E-state index contributed by atoms with van der Waals surface area (Å²) in [6, 6.07) is 6.38. The monoisotopic (exact) mass is 489 g/mol. The molecule has 0 N–H and O–H groups in total. The third-order valence-electron chi connectivity index (χ3n) is 4.64. The van der Waals surface area contributed by atoms with Crippen LogP contribution in [0, 0.1) is 0 Å². The van der Waals surface area contributed by atoms with E-state index in [1.807, 2.05) is 0 Å². The van der Waals surface area contributed by atoms with Crippen LogP contribution in [-0.2, 0) is 10.0 Å². The molecule has 1 saturated heterocycles. The second kappa shape index (κ2) is 8.02. The van der Waals surface area contributed by atoms with E-state index in [9.17, 15) is 13.2 Å². The number of benzene rings is 1. The van der Waals surface area contributed by atoms with E-state index in [4.69, 9.17) is 34.8 Å². The summed E-state index contributed by atoms with van der Waals surface area (Å²) in [5.41, 5.74) is 0. The first kappa shape index (κ1) is 20.8. The van der Waals surface area contributed by atoms with Crippen LogP contribution in [0.5, 0.6) is 0 Å². The summed E-state index contributed by atoms with van der Waals surface area (Å²) in [6.45, 7) is 0.908. The van der Waals surface area contributed by atoms with Crippen molar-refractivity contribution in [1.82, 2.24) is 14.2 Å². The number of nitrogens with zero attached hydrogens (tertiary/aromatic N) is 3. The zero-order chi connectivity index (χ0) is 20.8. The third-order valence-corrected chi connectivity index (χ3v) is 8.66. The van der Waals surface area contributed by atoms with E-state index < -0.39 is 10.0 Å². The van der Waals surface area contributed by atoms with Gasteiger partial charge in [0.25, 0.3) is 5.91 Å². The van der Waals surface area contributed by atoms with Gasteiger partial charge in [0.05, 0.1) is 10.0 Å². The lowest BCUT2D eigenvalue weighted by atomic mass is 10.2. The topological polar surface area (TPSA) is 70.6 Å². The van der Waals surface area contributed by atoms with E-state index in [-0.39, 0.29) is 37.0 Å². The maximum absolute atomic E-state index is 13.0. The van der Waals surface area contributed by atoms with E-state index in [0.29, 0.717) is 25.3 Å². The minimum atomic E-state index is -3.64. The summed E-state index contributed by atoms with van der Waals surface area (Å²) in [7, 11) is -3.64. The molecule has 2 aromatic heterocycles. The molecule has 152 valence electrons. The van der Waals surface area contributed by atoms with Crippen molar-refractivity contribution in [3.8, 4) is 0 Å². The predicted molar refractivity (Wildman–Crippen MR) is 116 cm³/mol. The van der Waals surface area contributed by atoms with Gasteiger partial charge in [-0.2, -0.15) is 4.31 Å². The van der Waals surface area contributed by atoms with E-state index in [0.717, 1.165) is 4.70 Å². The SMILES string of the molecule is O=C(c1sc2cc(Cl)cc(Cl)c2c1Cl)N1CCN(S(=O)(=O)c2cccnc2)CC1. The molecule has 0 atom stereocenters. The summed E-state index contributed by atoms with van der Waals surface area (Å²) < 4.78 is 27.5. The second-order valence-corrected chi connectivity index (χ2v) is 10.6. The number of thiophene rings is 1. The van der Waals surface area contributed by atoms with Crippen molar-refractivity contribution in [2.24, 2.45) is 0 Å². The summed E-state index contributed by atoms with van der Waals surface area (Å²) >= 11 is 19.9. The van der Waals surface area contributed by atoms with Gasteiger partial charge >= 0.3 is 0 Å². The lowest BCUT2D eigenvalue weighted by Gasteiger charge is -2.33. The van der Waals surface area contributed by atoms with Gasteiger partial charge in [-0.25, -0.2) is 8.42 Å². The van der Waals surface area contributed by atoms with E-state index >= 15 is 0 Å². The first-order valence-corrected chi connectivity index (χ1v) is 11.9. The number of hydrogen-bond donors (Lipinski definition) is 0. The summed E-state index contributed by atoms with van der Waals surface area (Å²) in [5.74, 6) is -0.248. The minimum Gasteiger partial charge on any atom is -0.335 e. The predicted octanol–water partition coefficient (Wildman–Crippen LogP) is 4.40. The van der Waals surface area contributed by atoms with Crippen LogP contribution in [0.3, 0.4) is 0 Å². The van der Waals surface area contributed by atoms with Gasteiger partial charge in [-0.3, -0.25) is 9.78 Å². The lowest BCUT2D eigenvalue weighted by Crippen LogP contribution is -2.50. The number of amides is 1. The largest absolute Gasteiger partial charge is 0.335 e. The Bertz CT molecular complexity index is 1190. The van der Waals surface area contributed by atoms with E-state index in [1.165, 1.54) is 34.1 Å². The Kier molecular flexibility index (Phi) is 5.76. The number of carbonyl (C=O) groups is 1. The number of carbonyl (C=O) groups excluding carboxylic acids is 1. The van der Waals surface area contributed by atoms with E-state index in [1.54, 1.807) is 23.1 Å². The van der Waals surface area contributed by atoms with Gasteiger partial charge in [0, 0.05) is 53.7 Å². The molecule has 1 aliphatic heterocycles. The molecule has 1 amide bonds. The van der Waals surface area contributed by atoms with Crippen molar-refractivity contribution in [3.05, 3.63) is 56.6 Å². The van der Waals surface area contributed by atoms with Crippen LogP contribution in [0.2, 0.25) is 15.1 Å². The zero-order valence-electron chi connectivity index (χ0n) is 14.8. The van der Waals surface area contributed by atoms with Crippen LogP contribution in [0.15, 0.2) is 41.6 Å². The van der Waals surface area contributed by atoms with Crippen molar-refractivity contribution >= 4 is 72.2 Å². The molecule has 1 fully saturated rings. The fraction of sp³-hybridized carbons (Fsp3) is 0.222. The van der Waals surface area contributed by atoms with E-state index in [2.05, 4.69) is 4.98 Å². The Hall–Kier alpha value is -1.42. The Morgan fingerprint density at radius 2 is 1.83 bits per heavy atom. The highest BCUT2D eigenvalue weighted by Gasteiger charge is 2.32. The van der Waals surface area contributed by atoms with Crippen molar-refractivity contribution in [2.45, 2.75) is 4.90 Å². The number of rotatable bonds is 3. The van der Waals surface area contributed by atoms with Crippen LogP contribution < -0.4 is 0 Å². The molecule has 3 aromatic rings. The molecule has 1 aliphatic rings. The number of sulfonamides is 1. The second-order valence-electron chi connectivity index (χ2n) is 6.39. The maximum atomic E-state index is 13.0. The molecule has 6 nitrogen and oxygen atoms in total. The van der Waals surface area contributed by atoms with Gasteiger partial charge in [-0.05, 0) is 24.3 Å². The molecule has 0 bridgehead atoms. The number of halogens is 3. The Labute approximate surface area is 186 Å². The average molecular weight is 491 g/mol. The Morgan fingerprint density at radius 3 is 2.48 bits per heavy atom. The van der Waals surface area contributed by atoms with Gasteiger partial charge in [0.1, 0.15) is 9.77 Å². The molecule has 11 heteroatoms. The molecule has 0 saturated carbocycles. The van der Waals surface area contributed by atoms with Crippen molar-refractivity contribution in [3.63, 3.8) is 0 Å². The standard InChI is InChI=1S/C18H14Cl3N3O3S2/c19-11-8-13(20)15-14(9-11)28-17(16(15)21)18(25)23-4-6-24(7-5-23)29(26,27)12-2-1-3-22-10-12/h1-3,8-10H,4-7H2. The maximum Gasteiger partial charge on any atom is 0.265 e. The van der Waals surface area contributed by atoms with Gasteiger partial charge in [0.2, 0.25) is 10.0 Å². The van der Waals surface area contributed by atoms with Crippen molar-refractivity contribution in [2.75, 3.05) is 26.2 Å².